The summed E-state index contributed by atoms with van der Waals surface area (Å²) in [7, 11) is 1.18. The van der Waals surface area contributed by atoms with Crippen LogP contribution in [0, 0.1) is 17.0 Å². The highest BCUT2D eigenvalue weighted by atomic mass is 79.9. The molecule has 0 spiro atoms. The smallest absolute Gasteiger partial charge is 0.407 e. The molecule has 9 heteroatoms. The first kappa shape index (κ1) is 20.3. The third-order valence-corrected chi connectivity index (χ3v) is 3.62. The molecule has 0 bridgehead atoms. The first-order chi connectivity index (χ1) is 11.1. The van der Waals surface area contributed by atoms with Crippen LogP contribution < -0.4 is 16.2 Å². The molecule has 6 nitrogen and oxygen atoms in total. The lowest BCUT2D eigenvalue weighted by atomic mass is 9.86. The van der Waals surface area contributed by atoms with Crippen LogP contribution in [0.5, 0.6) is 0 Å². The van der Waals surface area contributed by atoms with Crippen molar-refractivity contribution in [3.63, 3.8) is 0 Å². The number of hydrogen-bond donors (Lipinski definition) is 3. The van der Waals surface area contributed by atoms with Crippen molar-refractivity contribution in [2.45, 2.75) is 33.4 Å². The predicted octanol–water partition coefficient (Wildman–Crippen LogP) is 2.62. The van der Waals surface area contributed by atoms with Gasteiger partial charge in [0.05, 0.1) is 7.11 Å². The molecule has 0 aliphatic rings. The number of nitrogens with one attached hydrogen (secondary N) is 3. The second-order valence-electron chi connectivity index (χ2n) is 6.13. The van der Waals surface area contributed by atoms with Gasteiger partial charge in [-0.25, -0.2) is 19.0 Å². The Bertz CT molecular complexity index is 597. The maximum Gasteiger partial charge on any atom is 0.407 e. The molecule has 1 aromatic rings. The van der Waals surface area contributed by atoms with Crippen molar-refractivity contribution in [3.8, 4) is 0 Å². The number of methoxy groups -OCH3 is 1. The number of ether oxygens (including phenoxy) is 1. The van der Waals surface area contributed by atoms with Crippen LogP contribution in [-0.2, 0) is 16.1 Å². The Hall–Kier alpha value is -1.74. The van der Waals surface area contributed by atoms with Crippen molar-refractivity contribution < 1.29 is 23.1 Å². The minimum absolute atomic E-state index is 0.216. The fourth-order valence-electron chi connectivity index (χ4n) is 1.88. The number of alkyl carbamates (subject to hydrolysis) is 1. The van der Waals surface area contributed by atoms with Gasteiger partial charge in [-0.2, -0.15) is 0 Å². The lowest BCUT2D eigenvalue weighted by molar-refractivity contribution is -0.126. The summed E-state index contributed by atoms with van der Waals surface area (Å²) in [6.07, 6.45) is -0.755. The number of hydrogen-bond acceptors (Lipinski definition) is 4. The molecule has 1 aromatic carbocycles. The molecular weight excluding hydrogens is 388 g/mol. The average Bonchev–Trinajstić information content (AvgIpc) is 2.45. The maximum absolute atomic E-state index is 13.7. The van der Waals surface area contributed by atoms with Gasteiger partial charge >= 0.3 is 6.09 Å². The van der Waals surface area contributed by atoms with Crippen molar-refractivity contribution in [2.24, 2.45) is 5.41 Å². The summed E-state index contributed by atoms with van der Waals surface area (Å²) in [6, 6.07) is 1.34. The van der Waals surface area contributed by atoms with E-state index in [1.807, 2.05) is 0 Å². The van der Waals surface area contributed by atoms with Crippen molar-refractivity contribution in [2.75, 3.05) is 7.11 Å². The summed E-state index contributed by atoms with van der Waals surface area (Å²) >= 11 is 2.99. The summed E-state index contributed by atoms with van der Waals surface area (Å²) in [5.74, 6) is -2.06. The van der Waals surface area contributed by atoms with Gasteiger partial charge in [0.1, 0.15) is 17.7 Å². The largest absolute Gasteiger partial charge is 0.453 e. The first-order valence-electron chi connectivity index (χ1n) is 7.07. The van der Waals surface area contributed by atoms with Gasteiger partial charge in [0.2, 0.25) is 0 Å². The topological polar surface area (TPSA) is 79.5 Å². The van der Waals surface area contributed by atoms with E-state index in [9.17, 15) is 18.4 Å². The molecule has 0 aliphatic carbocycles. The molecule has 134 valence electrons. The molecule has 0 aromatic heterocycles. The van der Waals surface area contributed by atoms with Crippen LogP contribution in [-0.4, -0.2) is 25.2 Å². The van der Waals surface area contributed by atoms with E-state index in [2.05, 4.69) is 36.8 Å². The number of hydrazine groups is 1. The Morgan fingerprint density at radius 2 is 1.79 bits per heavy atom. The zero-order valence-electron chi connectivity index (χ0n) is 13.8. The van der Waals surface area contributed by atoms with Crippen LogP contribution in [0.15, 0.2) is 16.6 Å². The summed E-state index contributed by atoms with van der Waals surface area (Å²) in [5, 5.41) is 2.42. The number of halogens is 3. The van der Waals surface area contributed by atoms with E-state index in [4.69, 9.17) is 0 Å². The molecule has 0 heterocycles. The minimum atomic E-state index is -0.905. The quantitative estimate of drug-likeness (QED) is 0.655. The Balaban J connectivity index is 2.71. The molecule has 0 aliphatic heterocycles. The normalized spacial score (nSPS) is 12.5. The molecule has 1 rings (SSSR count). The molecule has 24 heavy (non-hydrogen) atoms. The highest BCUT2D eigenvalue weighted by molar-refractivity contribution is 9.10. The number of carbonyl (C=O) groups is 2. The van der Waals surface area contributed by atoms with Crippen LogP contribution in [0.2, 0.25) is 0 Å². The Morgan fingerprint density at radius 3 is 2.25 bits per heavy atom. The van der Waals surface area contributed by atoms with Crippen LogP contribution in [0.3, 0.4) is 0 Å². The Morgan fingerprint density at radius 1 is 1.25 bits per heavy atom. The average molecular weight is 408 g/mol. The monoisotopic (exact) mass is 407 g/mol. The van der Waals surface area contributed by atoms with Crippen LogP contribution >= 0.6 is 15.9 Å². The van der Waals surface area contributed by atoms with E-state index in [0.29, 0.717) is 0 Å². The molecule has 0 saturated heterocycles. The Labute approximate surface area is 147 Å². The number of benzene rings is 1. The third kappa shape index (κ3) is 5.72. The van der Waals surface area contributed by atoms with E-state index in [0.717, 1.165) is 12.1 Å². The van der Waals surface area contributed by atoms with Gasteiger partial charge in [0.15, 0.2) is 0 Å². The molecule has 2 amide bonds. The van der Waals surface area contributed by atoms with Gasteiger partial charge in [0.25, 0.3) is 5.91 Å². The van der Waals surface area contributed by atoms with Crippen LogP contribution in [0.4, 0.5) is 13.6 Å². The van der Waals surface area contributed by atoms with E-state index in [1.165, 1.54) is 7.11 Å². The predicted molar refractivity (Wildman–Crippen MR) is 87.8 cm³/mol. The van der Waals surface area contributed by atoms with E-state index >= 15 is 0 Å². The molecule has 0 fully saturated rings. The maximum atomic E-state index is 13.7. The molecule has 0 unspecified atom stereocenters. The second-order valence-corrected chi connectivity index (χ2v) is 7.04. The van der Waals surface area contributed by atoms with Gasteiger partial charge in [-0.3, -0.25) is 10.2 Å². The Kier molecular flexibility index (Phi) is 7.09. The fourth-order valence-corrected chi connectivity index (χ4v) is 2.29. The second kappa shape index (κ2) is 8.39. The lowest BCUT2D eigenvalue weighted by Crippen LogP contribution is -2.56. The standard InChI is InChI=1S/C15H20BrF2N3O3/c1-15(2,3)12(20-14(23)24-4)13(22)21-19-7-9-10(17)5-8(16)6-11(9)18/h5-6,12,19H,7H2,1-4H3,(H,20,23)(H,21,22)/t12-/m1/s1. The van der Waals surface area contributed by atoms with E-state index in [-0.39, 0.29) is 16.6 Å². The number of rotatable bonds is 5. The van der Waals surface area contributed by atoms with Gasteiger partial charge in [-0.1, -0.05) is 36.7 Å². The van der Waals surface area contributed by atoms with E-state index < -0.39 is 35.1 Å². The first-order valence-corrected chi connectivity index (χ1v) is 7.86. The number of carbonyl (C=O) groups excluding carboxylic acids is 2. The summed E-state index contributed by atoms with van der Waals surface area (Å²) < 4.78 is 32.2. The summed E-state index contributed by atoms with van der Waals surface area (Å²) in [5.41, 5.74) is 3.97. The number of amides is 2. The zero-order chi connectivity index (χ0) is 18.5. The fraction of sp³-hybridized carbons (Fsp3) is 0.467. The van der Waals surface area contributed by atoms with Crippen molar-refractivity contribution in [1.82, 2.24) is 16.2 Å². The van der Waals surface area contributed by atoms with Crippen molar-refractivity contribution in [1.29, 1.82) is 0 Å². The van der Waals surface area contributed by atoms with Gasteiger partial charge in [-0.15, -0.1) is 0 Å². The van der Waals surface area contributed by atoms with Crippen molar-refractivity contribution >= 4 is 27.9 Å². The van der Waals surface area contributed by atoms with Crippen LogP contribution in [0.25, 0.3) is 0 Å². The molecule has 0 saturated carbocycles. The minimum Gasteiger partial charge on any atom is -0.453 e. The summed E-state index contributed by atoms with van der Waals surface area (Å²) in [6.45, 7) is 5.00. The van der Waals surface area contributed by atoms with E-state index in [1.54, 1.807) is 20.8 Å². The summed E-state index contributed by atoms with van der Waals surface area (Å²) in [4.78, 5) is 23.6. The molecule has 0 radical (unpaired) electrons. The van der Waals surface area contributed by atoms with Crippen molar-refractivity contribution in [3.05, 3.63) is 33.8 Å². The van der Waals surface area contributed by atoms with Gasteiger partial charge in [0, 0.05) is 16.6 Å². The highest BCUT2D eigenvalue weighted by Gasteiger charge is 2.33. The SMILES string of the molecule is COC(=O)N[C@H](C(=O)NNCc1c(F)cc(Br)cc1F)C(C)(C)C. The van der Waals surface area contributed by atoms with Crippen LogP contribution in [0.1, 0.15) is 26.3 Å². The van der Waals surface area contributed by atoms with Gasteiger partial charge in [-0.05, 0) is 17.5 Å². The molecular formula is C15H20BrF2N3O3. The molecule has 1 atom stereocenters. The third-order valence-electron chi connectivity index (χ3n) is 3.16. The lowest BCUT2D eigenvalue weighted by Gasteiger charge is -2.29. The highest BCUT2D eigenvalue weighted by Crippen LogP contribution is 2.20. The van der Waals surface area contributed by atoms with Gasteiger partial charge < -0.3 is 10.1 Å². The molecule has 3 N–H and O–H groups in total. The zero-order valence-corrected chi connectivity index (χ0v) is 15.4.